The first-order valence-corrected chi connectivity index (χ1v) is 11.4. The van der Waals surface area contributed by atoms with Gasteiger partial charge in [-0.15, -0.1) is 0 Å². The van der Waals surface area contributed by atoms with Crippen molar-refractivity contribution in [1.29, 1.82) is 0 Å². The molecule has 1 N–H and O–H groups in total. The highest BCUT2D eigenvalue weighted by Gasteiger charge is 2.26. The van der Waals surface area contributed by atoms with Gasteiger partial charge >= 0.3 is 5.97 Å². The van der Waals surface area contributed by atoms with Crippen LogP contribution in [0.3, 0.4) is 0 Å². The first-order chi connectivity index (χ1) is 17.3. The zero-order valence-corrected chi connectivity index (χ0v) is 20.7. The van der Waals surface area contributed by atoms with Crippen LogP contribution in [0.2, 0.25) is 5.02 Å². The van der Waals surface area contributed by atoms with E-state index in [1.807, 2.05) is 0 Å². The number of methoxy groups -OCH3 is 2. The minimum absolute atomic E-state index is 0.0667. The van der Waals surface area contributed by atoms with E-state index in [4.69, 9.17) is 25.8 Å². The second-order valence-electron chi connectivity index (χ2n) is 7.69. The van der Waals surface area contributed by atoms with Crippen LogP contribution in [-0.4, -0.2) is 45.0 Å². The Morgan fingerprint density at radius 2 is 1.69 bits per heavy atom. The minimum atomic E-state index is -1.07. The van der Waals surface area contributed by atoms with E-state index >= 15 is 0 Å². The molecule has 0 spiro atoms. The Balaban J connectivity index is 1.88. The molecule has 36 heavy (non-hydrogen) atoms. The molecular formula is C27H25ClFNO6. The summed E-state index contributed by atoms with van der Waals surface area (Å²) in [4.78, 5) is 36.5. The molecule has 1 atom stereocenters. The molecule has 0 saturated heterocycles. The van der Waals surface area contributed by atoms with E-state index in [2.05, 4.69) is 5.32 Å². The van der Waals surface area contributed by atoms with Gasteiger partial charge < -0.3 is 19.5 Å². The highest BCUT2D eigenvalue weighted by molar-refractivity contribution is 6.33. The number of carbonyl (C=O) groups excluding carboxylic acids is 3. The summed E-state index contributed by atoms with van der Waals surface area (Å²) in [7, 11) is 2.99. The molecule has 0 fully saturated rings. The van der Waals surface area contributed by atoms with Gasteiger partial charge in [-0.25, -0.2) is 9.18 Å². The van der Waals surface area contributed by atoms with Gasteiger partial charge in [-0.3, -0.25) is 9.59 Å². The summed E-state index contributed by atoms with van der Waals surface area (Å²) < 4.78 is 30.2. The molecule has 0 saturated carbocycles. The second-order valence-corrected chi connectivity index (χ2v) is 8.10. The fourth-order valence-corrected chi connectivity index (χ4v) is 3.96. The summed E-state index contributed by atoms with van der Waals surface area (Å²) in [5, 5.41) is 2.47. The highest BCUT2D eigenvalue weighted by Crippen LogP contribution is 2.39. The first kappa shape index (κ1) is 26.7. The topological polar surface area (TPSA) is 90.9 Å². The van der Waals surface area contributed by atoms with E-state index in [0.29, 0.717) is 34.5 Å². The number of ether oxygens (including phenoxy) is 3. The number of halogens is 2. The maximum absolute atomic E-state index is 14.2. The lowest BCUT2D eigenvalue weighted by atomic mass is 9.98. The third-order valence-electron chi connectivity index (χ3n) is 5.41. The van der Waals surface area contributed by atoms with Gasteiger partial charge in [-0.05, 0) is 42.3 Å². The Kier molecular flexibility index (Phi) is 9.02. The van der Waals surface area contributed by atoms with Crippen molar-refractivity contribution in [2.75, 3.05) is 20.8 Å². The number of aldehydes is 1. The molecule has 188 valence electrons. The minimum Gasteiger partial charge on any atom is -0.496 e. The SMILES string of the molecule is CCOC(=O)[C@H](Cc1ccc(-c2c(OC)cc(C=O)cc2OC)cc1)NC(=O)c1c(F)cccc1Cl. The highest BCUT2D eigenvalue weighted by atomic mass is 35.5. The maximum Gasteiger partial charge on any atom is 0.328 e. The smallest absolute Gasteiger partial charge is 0.328 e. The number of amides is 1. The average Bonchev–Trinajstić information content (AvgIpc) is 2.88. The molecule has 0 aliphatic rings. The van der Waals surface area contributed by atoms with Crippen LogP contribution in [0.15, 0.2) is 54.6 Å². The number of benzene rings is 3. The molecule has 3 rings (SSSR count). The van der Waals surface area contributed by atoms with Gasteiger partial charge in [0.25, 0.3) is 5.91 Å². The number of hydrogen-bond acceptors (Lipinski definition) is 6. The van der Waals surface area contributed by atoms with Crippen molar-refractivity contribution >= 4 is 29.8 Å². The zero-order valence-electron chi connectivity index (χ0n) is 20.0. The van der Waals surface area contributed by atoms with E-state index in [-0.39, 0.29) is 23.6 Å². The number of hydrogen-bond donors (Lipinski definition) is 1. The Morgan fingerprint density at radius 3 is 2.22 bits per heavy atom. The summed E-state index contributed by atoms with van der Waals surface area (Å²) in [6, 6.07) is 13.2. The van der Waals surface area contributed by atoms with Gasteiger partial charge in [0.2, 0.25) is 0 Å². The van der Waals surface area contributed by atoms with Crippen molar-refractivity contribution in [2.45, 2.75) is 19.4 Å². The summed E-state index contributed by atoms with van der Waals surface area (Å²) in [6.07, 6.45) is 0.797. The molecule has 1 amide bonds. The molecule has 0 radical (unpaired) electrons. The van der Waals surface area contributed by atoms with Gasteiger partial charge in [-0.2, -0.15) is 0 Å². The third-order valence-corrected chi connectivity index (χ3v) is 5.73. The summed E-state index contributed by atoms with van der Waals surface area (Å²) in [5.74, 6) is -1.35. The normalized spacial score (nSPS) is 11.4. The molecule has 0 aliphatic carbocycles. The Morgan fingerprint density at radius 1 is 1.06 bits per heavy atom. The molecule has 0 aromatic heterocycles. The van der Waals surface area contributed by atoms with E-state index < -0.39 is 23.7 Å². The van der Waals surface area contributed by atoms with Crippen LogP contribution < -0.4 is 14.8 Å². The number of rotatable bonds is 10. The number of carbonyl (C=O) groups is 3. The molecule has 0 unspecified atom stereocenters. The summed E-state index contributed by atoms with van der Waals surface area (Å²) in [6.45, 7) is 1.76. The predicted octanol–water partition coefficient (Wildman–Crippen LogP) is 4.88. The lowest BCUT2D eigenvalue weighted by molar-refractivity contribution is -0.145. The van der Waals surface area contributed by atoms with Crippen molar-refractivity contribution < 1.29 is 33.0 Å². The van der Waals surface area contributed by atoms with Crippen LogP contribution in [0.25, 0.3) is 11.1 Å². The van der Waals surface area contributed by atoms with Crippen LogP contribution in [0.1, 0.15) is 33.2 Å². The van der Waals surface area contributed by atoms with Gasteiger partial charge in [0.15, 0.2) is 0 Å². The average molecular weight is 514 g/mol. The van der Waals surface area contributed by atoms with Crippen LogP contribution >= 0.6 is 11.6 Å². The fraction of sp³-hybridized carbons (Fsp3) is 0.222. The molecule has 0 heterocycles. The van der Waals surface area contributed by atoms with Gasteiger partial charge in [0, 0.05) is 12.0 Å². The van der Waals surface area contributed by atoms with E-state index in [1.54, 1.807) is 43.3 Å². The van der Waals surface area contributed by atoms with Crippen molar-refractivity contribution in [1.82, 2.24) is 5.32 Å². The van der Waals surface area contributed by atoms with Crippen molar-refractivity contribution in [3.05, 3.63) is 82.1 Å². The second kappa shape index (κ2) is 12.2. The molecule has 7 nitrogen and oxygen atoms in total. The Hall–Kier alpha value is -3.91. The zero-order chi connectivity index (χ0) is 26.2. The van der Waals surface area contributed by atoms with Crippen molar-refractivity contribution in [3.8, 4) is 22.6 Å². The van der Waals surface area contributed by atoms with Crippen LogP contribution in [0.5, 0.6) is 11.5 Å². The molecule has 3 aromatic rings. The molecular weight excluding hydrogens is 489 g/mol. The van der Waals surface area contributed by atoms with Crippen LogP contribution in [0.4, 0.5) is 4.39 Å². The molecule has 9 heteroatoms. The molecule has 0 bridgehead atoms. The fourth-order valence-electron chi connectivity index (χ4n) is 3.71. The van der Waals surface area contributed by atoms with Crippen LogP contribution in [0, 0.1) is 5.82 Å². The van der Waals surface area contributed by atoms with Crippen LogP contribution in [-0.2, 0) is 16.0 Å². The summed E-state index contributed by atoms with van der Waals surface area (Å²) in [5.41, 5.74) is 2.18. The third kappa shape index (κ3) is 6.01. The first-order valence-electron chi connectivity index (χ1n) is 11.0. The lowest BCUT2D eigenvalue weighted by Gasteiger charge is -2.19. The Labute approximate surface area is 213 Å². The lowest BCUT2D eigenvalue weighted by Crippen LogP contribution is -2.43. The standard InChI is InChI=1S/C27H25ClFNO6/c1-4-36-27(33)21(30-26(32)25-19(28)6-5-7-20(25)29)12-16-8-10-18(11-9-16)24-22(34-2)13-17(15-31)14-23(24)35-3/h5-11,13-15,21H,4,12H2,1-3H3,(H,30,32)/t21-/m0/s1. The summed E-state index contributed by atoms with van der Waals surface area (Å²) >= 11 is 6.00. The molecule has 0 aliphatic heterocycles. The monoisotopic (exact) mass is 513 g/mol. The van der Waals surface area contributed by atoms with Gasteiger partial charge in [0.1, 0.15) is 29.6 Å². The van der Waals surface area contributed by atoms with Crippen molar-refractivity contribution in [3.63, 3.8) is 0 Å². The maximum atomic E-state index is 14.2. The molecule has 3 aromatic carbocycles. The predicted molar refractivity (Wildman–Crippen MR) is 133 cm³/mol. The van der Waals surface area contributed by atoms with E-state index in [1.165, 1.54) is 26.4 Å². The van der Waals surface area contributed by atoms with Gasteiger partial charge in [-0.1, -0.05) is 41.9 Å². The van der Waals surface area contributed by atoms with Crippen molar-refractivity contribution in [2.24, 2.45) is 0 Å². The number of esters is 1. The largest absolute Gasteiger partial charge is 0.496 e. The van der Waals surface area contributed by atoms with E-state index in [9.17, 15) is 18.8 Å². The quantitative estimate of drug-likeness (QED) is 0.307. The number of nitrogens with one attached hydrogen (secondary N) is 1. The Bertz CT molecular complexity index is 1220. The van der Waals surface area contributed by atoms with E-state index in [0.717, 1.165) is 11.6 Å². The van der Waals surface area contributed by atoms with Gasteiger partial charge in [0.05, 0.1) is 37.0 Å².